The number of unbranched alkanes of at least 4 members (excludes halogenated alkanes) is 6. The molecule has 5 rings (SSSR count). The summed E-state index contributed by atoms with van der Waals surface area (Å²) in [5.41, 5.74) is 0. The fourth-order valence-electron chi connectivity index (χ4n) is 12.7. The van der Waals surface area contributed by atoms with Crippen molar-refractivity contribution in [1.29, 1.82) is 0 Å². The highest BCUT2D eigenvalue weighted by atomic mass is 16.7. The van der Waals surface area contributed by atoms with Gasteiger partial charge in [-0.15, -0.1) is 5.06 Å². The number of carbonyl (C=O) groups is 6. The Morgan fingerprint density at radius 2 is 0.615 bits per heavy atom. The number of nitrogens with zero attached hydrogens (tertiary/aromatic N) is 4. The van der Waals surface area contributed by atoms with Gasteiger partial charge in [0.2, 0.25) is 17.7 Å². The Balaban J connectivity index is 1.10. The van der Waals surface area contributed by atoms with Crippen molar-refractivity contribution in [3.8, 4) is 0 Å². The van der Waals surface area contributed by atoms with Crippen LogP contribution in [-0.4, -0.2) is 364 Å². The topological polar surface area (TPSA) is 521 Å². The molecule has 96 heavy (non-hydrogen) atoms. The Bertz CT molecular complexity index is 2070. The monoisotopic (exact) mass is 1390 g/mol. The molecule has 0 bridgehead atoms. The van der Waals surface area contributed by atoms with Crippen LogP contribution in [0.2, 0.25) is 0 Å². The molecule has 5 saturated heterocycles. The van der Waals surface area contributed by atoms with Gasteiger partial charge in [0.1, 0.15) is 97.7 Å². The lowest BCUT2D eigenvalue weighted by Gasteiger charge is -2.40. The normalized spacial score (nSPS) is 31.9. The molecule has 0 aromatic carbocycles. The van der Waals surface area contributed by atoms with E-state index in [1.807, 2.05) is 0 Å². The molecule has 20 atom stereocenters. The Morgan fingerprint density at radius 1 is 0.354 bits per heavy atom. The van der Waals surface area contributed by atoms with Crippen LogP contribution in [0.25, 0.3) is 0 Å². The van der Waals surface area contributed by atoms with E-state index in [4.69, 9.17) is 23.8 Å². The van der Waals surface area contributed by atoms with Crippen LogP contribution in [0.4, 0.5) is 0 Å². The second-order valence-corrected chi connectivity index (χ2v) is 25.9. The summed E-state index contributed by atoms with van der Waals surface area (Å²) >= 11 is 0. The molecular formula is C62H111N7O27. The van der Waals surface area contributed by atoms with E-state index in [1.165, 1.54) is 4.90 Å². The summed E-state index contributed by atoms with van der Waals surface area (Å²) in [6, 6.07) is 0. The third-order valence-corrected chi connectivity index (χ3v) is 18.4. The molecule has 34 nitrogen and oxygen atoms in total. The number of hydroxylamine groups is 2. The maximum Gasteiger partial charge on any atom is 0.333 e. The quantitative estimate of drug-likeness (QED) is 0.0199. The summed E-state index contributed by atoms with van der Waals surface area (Å²) in [6.45, 7) is 0.602. The summed E-state index contributed by atoms with van der Waals surface area (Å²) in [6.07, 6.45) is -17.3. The van der Waals surface area contributed by atoms with Gasteiger partial charge in [-0.2, -0.15) is 0 Å². The Labute approximate surface area is 559 Å². The van der Waals surface area contributed by atoms with Crippen molar-refractivity contribution in [3.63, 3.8) is 0 Å². The van der Waals surface area contributed by atoms with Crippen molar-refractivity contribution in [2.24, 2.45) is 0 Å². The van der Waals surface area contributed by atoms with E-state index in [0.29, 0.717) is 128 Å². The number of ether oxygens (including phenoxy) is 4. The van der Waals surface area contributed by atoms with Crippen molar-refractivity contribution in [1.82, 2.24) is 35.7 Å². The number of imide groups is 1. The number of aliphatic hydroxyl groups excluding tert-OH is 16. The average Bonchev–Trinajstić information content (AvgIpc) is 1.15. The molecule has 19 N–H and O–H groups in total. The Kier molecular flexibility index (Phi) is 37.7. The number of aliphatic hydroxyl groups is 16. The Morgan fingerprint density at radius 3 is 0.896 bits per heavy atom. The lowest BCUT2D eigenvalue weighted by atomic mass is 9.92. The number of nitrogens with one attached hydrogen (secondary N) is 3. The summed E-state index contributed by atoms with van der Waals surface area (Å²) in [7, 11) is 0. The smallest absolute Gasteiger partial charge is 0.333 e. The third kappa shape index (κ3) is 26.6. The van der Waals surface area contributed by atoms with Gasteiger partial charge in [-0.25, -0.2) is 4.79 Å². The molecule has 0 radical (unpaired) electrons. The molecule has 0 spiro atoms. The zero-order chi connectivity index (χ0) is 70.4. The molecule has 5 aliphatic rings. The van der Waals surface area contributed by atoms with Gasteiger partial charge in [0.15, 0.2) is 0 Å². The van der Waals surface area contributed by atoms with E-state index in [-0.39, 0.29) is 84.2 Å². The number of carbonyl (C=O) groups excluding carboxylic acids is 6. The van der Waals surface area contributed by atoms with Crippen LogP contribution in [0.15, 0.2) is 0 Å². The highest BCUT2D eigenvalue weighted by Gasteiger charge is 2.47. The minimum Gasteiger partial charge on any atom is -0.394 e. The molecule has 0 aromatic heterocycles. The number of amides is 5. The highest BCUT2D eigenvalue weighted by Crippen LogP contribution is 2.29. The van der Waals surface area contributed by atoms with E-state index in [0.717, 1.165) is 0 Å². The van der Waals surface area contributed by atoms with E-state index >= 15 is 0 Å². The second kappa shape index (κ2) is 43.7. The maximum atomic E-state index is 13.5. The van der Waals surface area contributed by atoms with Crippen LogP contribution in [0.1, 0.15) is 128 Å². The molecule has 0 unspecified atom stereocenters. The summed E-state index contributed by atoms with van der Waals surface area (Å²) < 4.78 is 22.8. The van der Waals surface area contributed by atoms with Crippen molar-refractivity contribution < 1.29 is 134 Å². The van der Waals surface area contributed by atoms with Crippen molar-refractivity contribution in [2.45, 2.75) is 250 Å². The molecule has 0 aliphatic carbocycles. The van der Waals surface area contributed by atoms with Gasteiger partial charge in [0.05, 0.1) is 70.5 Å². The fourth-order valence-corrected chi connectivity index (χ4v) is 12.7. The van der Waals surface area contributed by atoms with Gasteiger partial charge in [0.25, 0.3) is 11.8 Å². The van der Waals surface area contributed by atoms with Gasteiger partial charge in [0, 0.05) is 38.9 Å². The predicted molar refractivity (Wildman–Crippen MR) is 334 cm³/mol. The molecular weight excluding hydrogens is 1270 g/mol. The summed E-state index contributed by atoms with van der Waals surface area (Å²) in [5.74, 6) is -3.29. The van der Waals surface area contributed by atoms with Crippen LogP contribution in [0.5, 0.6) is 0 Å². The first-order chi connectivity index (χ1) is 45.9. The largest absolute Gasteiger partial charge is 0.394 e. The SMILES string of the molecule is O=C(CN(CC(=O)NCCCCCN(CCC[C@H]1O[C@H](CO)[C@@H](O)[C@H](O)[C@@H]1O)CCC[C@H]1O[C@H](CO)[C@@H](O)[C@H](O)[C@@H]1O)CC(=O)NCCCCCN(CCC[C@H]1O[C@H](CO)[C@@H](O)[C@H](O)[C@@H]1O)CCC[C@H]1O[C@H](CO)[C@@H](O)[C@H](O)[C@@H]1O)NCCCCCC(=O)ON1C(=O)CCC1=O. The van der Waals surface area contributed by atoms with Crippen LogP contribution < -0.4 is 16.0 Å². The zero-order valence-corrected chi connectivity index (χ0v) is 54.9. The first-order valence-electron chi connectivity index (χ1n) is 34.2. The van der Waals surface area contributed by atoms with Crippen LogP contribution >= 0.6 is 0 Å². The van der Waals surface area contributed by atoms with Gasteiger partial charge in [-0.05, 0) is 129 Å². The van der Waals surface area contributed by atoms with Gasteiger partial charge < -0.3 is 131 Å². The zero-order valence-electron chi connectivity index (χ0n) is 54.9. The standard InChI is InChI=1S/C62H111N7O27/c70-33-41-55(84)59(88)51(80)37(92-41)14-10-26-66(27-11-15-38-52(81)60(89)56(85)42(34-71)93-38)24-8-2-6-22-64-46(75)31-68(30-45(74)63-21-5-1-4-18-50(79)96-69-48(77)19-20-49(69)78)32-47(76)65-23-7-3-9-25-67(28-12-16-39-53(82)61(90)57(86)43(35-72)94-39)29-13-17-40-54(83)62(91)58(87)44(36-73)95-40/h37-44,51-62,70-73,80-91H,1-36H2,(H,63,74)(H,64,75)(H,65,76)/t37-,38-,39-,40-,41-,42-,43-,44-,51-,52-,53-,54-,55-,56-,57-,58-,59-,60-,61-,62-/m1/s1. The first-order valence-corrected chi connectivity index (χ1v) is 34.2. The number of rotatable bonds is 45. The lowest BCUT2D eigenvalue weighted by molar-refractivity contribution is -0.230. The molecule has 34 heteroatoms. The third-order valence-electron chi connectivity index (χ3n) is 18.4. The molecule has 5 amide bonds. The average molecular weight is 1390 g/mol. The summed E-state index contributed by atoms with van der Waals surface area (Å²) in [4.78, 5) is 86.6. The molecule has 0 saturated carbocycles. The minimum absolute atomic E-state index is 0.0327. The minimum atomic E-state index is -1.52. The summed E-state index contributed by atoms with van der Waals surface area (Å²) in [5, 5.41) is 172. The van der Waals surface area contributed by atoms with Crippen LogP contribution in [0.3, 0.4) is 0 Å². The van der Waals surface area contributed by atoms with Gasteiger partial charge >= 0.3 is 5.97 Å². The highest BCUT2D eigenvalue weighted by molar-refractivity contribution is 6.01. The van der Waals surface area contributed by atoms with E-state index in [1.54, 1.807) is 0 Å². The van der Waals surface area contributed by atoms with Gasteiger partial charge in [-0.1, -0.05) is 19.3 Å². The second-order valence-electron chi connectivity index (χ2n) is 25.9. The van der Waals surface area contributed by atoms with Crippen molar-refractivity contribution in [3.05, 3.63) is 0 Å². The lowest BCUT2D eigenvalue weighted by Crippen LogP contribution is -2.58. The maximum absolute atomic E-state index is 13.5. The molecule has 5 fully saturated rings. The van der Waals surface area contributed by atoms with E-state index in [2.05, 4.69) is 25.8 Å². The number of hydrogen-bond acceptors (Lipinski definition) is 30. The number of hydrogen-bond donors (Lipinski definition) is 19. The van der Waals surface area contributed by atoms with E-state index < -0.39 is 184 Å². The molecule has 5 heterocycles. The van der Waals surface area contributed by atoms with E-state index in [9.17, 15) is 110 Å². The Hall–Kier alpha value is -3.90. The fraction of sp³-hybridized carbons (Fsp3) is 0.903. The van der Waals surface area contributed by atoms with Gasteiger partial charge in [-0.3, -0.25) is 28.9 Å². The van der Waals surface area contributed by atoms with Crippen molar-refractivity contribution >= 4 is 35.5 Å². The van der Waals surface area contributed by atoms with Crippen molar-refractivity contribution in [2.75, 3.05) is 105 Å². The van der Waals surface area contributed by atoms with Crippen LogP contribution in [0, 0.1) is 0 Å². The molecule has 0 aromatic rings. The van der Waals surface area contributed by atoms with Crippen LogP contribution in [-0.2, 0) is 52.6 Å². The molecule has 5 aliphatic heterocycles. The first kappa shape index (κ1) is 82.8. The molecule has 556 valence electrons. The predicted octanol–water partition coefficient (Wildman–Crippen LogP) is -7.76.